The summed E-state index contributed by atoms with van der Waals surface area (Å²) in [7, 11) is 2.05. The van der Waals surface area contributed by atoms with Gasteiger partial charge in [-0.1, -0.05) is 18.2 Å². The molecular formula is C16H20BrNS. The molecule has 0 bridgehead atoms. The van der Waals surface area contributed by atoms with Crippen LogP contribution < -0.4 is 5.32 Å². The molecule has 0 aliphatic heterocycles. The van der Waals surface area contributed by atoms with E-state index >= 15 is 0 Å². The van der Waals surface area contributed by atoms with Gasteiger partial charge in [0.2, 0.25) is 0 Å². The van der Waals surface area contributed by atoms with Crippen LogP contribution in [0.25, 0.3) is 0 Å². The van der Waals surface area contributed by atoms with Gasteiger partial charge >= 0.3 is 0 Å². The predicted molar refractivity (Wildman–Crippen MR) is 88.2 cm³/mol. The first-order valence-corrected chi connectivity index (χ1v) is 8.22. The van der Waals surface area contributed by atoms with Gasteiger partial charge in [-0.2, -0.15) is 0 Å². The molecule has 0 amide bonds. The molecule has 1 unspecified atom stereocenters. The summed E-state index contributed by atoms with van der Waals surface area (Å²) in [6, 6.07) is 9.49. The minimum absolute atomic E-state index is 0.493. The van der Waals surface area contributed by atoms with Crippen molar-refractivity contribution in [2.24, 2.45) is 0 Å². The van der Waals surface area contributed by atoms with Crippen LogP contribution in [0.2, 0.25) is 0 Å². The molecule has 0 saturated heterocycles. The molecule has 0 spiro atoms. The van der Waals surface area contributed by atoms with E-state index < -0.39 is 0 Å². The van der Waals surface area contributed by atoms with Crippen molar-refractivity contribution in [3.8, 4) is 0 Å². The minimum atomic E-state index is 0.493. The van der Waals surface area contributed by atoms with E-state index in [4.69, 9.17) is 0 Å². The molecule has 0 radical (unpaired) electrons. The molecule has 0 aliphatic rings. The lowest BCUT2D eigenvalue weighted by Gasteiger charge is -2.16. The molecular weight excluding hydrogens is 318 g/mol. The van der Waals surface area contributed by atoms with Crippen LogP contribution >= 0.6 is 27.3 Å². The summed E-state index contributed by atoms with van der Waals surface area (Å²) in [5.74, 6) is 0. The largest absolute Gasteiger partial charge is 0.316 e. The van der Waals surface area contributed by atoms with Gasteiger partial charge in [-0.15, -0.1) is 11.3 Å². The summed E-state index contributed by atoms with van der Waals surface area (Å²) >= 11 is 5.34. The van der Waals surface area contributed by atoms with Gasteiger partial charge in [-0.3, -0.25) is 0 Å². The lowest BCUT2D eigenvalue weighted by Crippen LogP contribution is -2.29. The van der Waals surface area contributed by atoms with Crippen LogP contribution in [-0.4, -0.2) is 13.1 Å². The third kappa shape index (κ3) is 4.16. The molecule has 0 fully saturated rings. The van der Waals surface area contributed by atoms with Crippen molar-refractivity contribution in [3.63, 3.8) is 0 Å². The molecule has 1 heterocycles. The van der Waals surface area contributed by atoms with Gasteiger partial charge in [0.05, 0.1) is 0 Å². The Labute approximate surface area is 128 Å². The number of aryl methyl sites for hydroxylation is 2. The fraction of sp³-hybridized carbons (Fsp3) is 0.375. The Bertz CT molecular complexity index is 547. The highest BCUT2D eigenvalue weighted by molar-refractivity contribution is 9.10. The van der Waals surface area contributed by atoms with E-state index in [1.165, 1.54) is 26.0 Å². The van der Waals surface area contributed by atoms with Crippen molar-refractivity contribution >= 4 is 27.3 Å². The second kappa shape index (κ2) is 6.69. The Balaban J connectivity index is 2.04. The van der Waals surface area contributed by atoms with E-state index in [9.17, 15) is 0 Å². The fourth-order valence-electron chi connectivity index (χ4n) is 2.20. The number of thiophene rings is 1. The van der Waals surface area contributed by atoms with Gasteiger partial charge in [0.1, 0.15) is 0 Å². The molecule has 1 nitrogen and oxygen atoms in total. The lowest BCUT2D eigenvalue weighted by molar-refractivity contribution is 0.560. The van der Waals surface area contributed by atoms with Crippen molar-refractivity contribution in [1.82, 2.24) is 5.32 Å². The molecule has 2 aromatic rings. The van der Waals surface area contributed by atoms with Crippen molar-refractivity contribution < 1.29 is 0 Å². The summed E-state index contributed by atoms with van der Waals surface area (Å²) in [6.45, 7) is 4.35. The first-order valence-electron chi connectivity index (χ1n) is 6.55. The smallest absolute Gasteiger partial charge is 0.0285 e. The topological polar surface area (TPSA) is 12.0 Å². The van der Waals surface area contributed by atoms with Gasteiger partial charge in [-0.25, -0.2) is 0 Å². The number of halogens is 1. The Morgan fingerprint density at radius 1 is 1.16 bits per heavy atom. The normalized spacial score (nSPS) is 12.6. The molecule has 1 N–H and O–H groups in total. The number of benzene rings is 1. The monoisotopic (exact) mass is 337 g/mol. The summed E-state index contributed by atoms with van der Waals surface area (Å²) in [6.07, 6.45) is 2.16. The highest BCUT2D eigenvalue weighted by Gasteiger charge is 2.10. The minimum Gasteiger partial charge on any atom is -0.316 e. The fourth-order valence-corrected chi connectivity index (χ4v) is 3.73. The Kier molecular flexibility index (Phi) is 5.20. The van der Waals surface area contributed by atoms with Crippen LogP contribution in [0.1, 0.15) is 21.6 Å². The summed E-state index contributed by atoms with van der Waals surface area (Å²) < 4.78 is 1.19. The van der Waals surface area contributed by atoms with Crippen molar-refractivity contribution in [2.45, 2.75) is 32.7 Å². The van der Waals surface area contributed by atoms with Crippen LogP contribution in [-0.2, 0) is 12.8 Å². The zero-order valence-corrected chi connectivity index (χ0v) is 14.1. The van der Waals surface area contributed by atoms with E-state index in [0.29, 0.717) is 6.04 Å². The van der Waals surface area contributed by atoms with Gasteiger partial charge in [0.15, 0.2) is 0 Å². The molecule has 0 aliphatic carbocycles. The zero-order chi connectivity index (χ0) is 13.8. The molecule has 0 saturated carbocycles. The average Bonchev–Trinajstić information content (AvgIpc) is 2.78. The van der Waals surface area contributed by atoms with Gasteiger partial charge in [0.25, 0.3) is 0 Å². The summed E-state index contributed by atoms with van der Waals surface area (Å²) in [4.78, 5) is 1.43. The number of nitrogens with one attached hydrogen (secondary N) is 1. The van der Waals surface area contributed by atoms with Gasteiger partial charge in [0, 0.05) is 20.8 Å². The van der Waals surface area contributed by atoms with E-state index in [1.54, 1.807) is 0 Å². The molecule has 1 atom stereocenters. The summed E-state index contributed by atoms with van der Waals surface area (Å²) in [5, 5.41) is 5.58. The third-order valence-electron chi connectivity index (χ3n) is 3.53. The quantitative estimate of drug-likeness (QED) is 0.846. The predicted octanol–water partition coefficient (Wildman–Crippen LogP) is 4.50. The summed E-state index contributed by atoms with van der Waals surface area (Å²) in [5.41, 5.74) is 4.16. The van der Waals surface area contributed by atoms with E-state index in [0.717, 1.165) is 12.8 Å². The number of hydrogen-bond acceptors (Lipinski definition) is 2. The Morgan fingerprint density at radius 3 is 2.53 bits per heavy atom. The average molecular weight is 338 g/mol. The number of likely N-dealkylation sites (N-methyl/N-ethyl adjacent to an activating group) is 1. The third-order valence-corrected chi connectivity index (χ3v) is 5.25. The van der Waals surface area contributed by atoms with Gasteiger partial charge in [-0.05, 0) is 72.4 Å². The van der Waals surface area contributed by atoms with Crippen LogP contribution in [0.4, 0.5) is 0 Å². The maximum Gasteiger partial charge on any atom is 0.0285 e. The number of rotatable bonds is 5. The Hall–Kier alpha value is -0.640. The van der Waals surface area contributed by atoms with E-state index in [2.05, 4.69) is 64.7 Å². The molecule has 19 heavy (non-hydrogen) atoms. The van der Waals surface area contributed by atoms with Gasteiger partial charge < -0.3 is 5.32 Å². The lowest BCUT2D eigenvalue weighted by atomic mass is 9.99. The first-order chi connectivity index (χ1) is 9.08. The molecule has 1 aromatic heterocycles. The first kappa shape index (κ1) is 14.8. The molecule has 2 rings (SSSR count). The van der Waals surface area contributed by atoms with Crippen molar-refractivity contribution in [2.75, 3.05) is 7.05 Å². The van der Waals surface area contributed by atoms with Crippen LogP contribution in [0.5, 0.6) is 0 Å². The van der Waals surface area contributed by atoms with Crippen LogP contribution in [0.3, 0.4) is 0 Å². The van der Waals surface area contributed by atoms with E-state index in [1.807, 2.05) is 18.4 Å². The zero-order valence-electron chi connectivity index (χ0n) is 11.7. The van der Waals surface area contributed by atoms with Crippen molar-refractivity contribution in [1.29, 1.82) is 0 Å². The number of hydrogen-bond donors (Lipinski definition) is 1. The molecule has 102 valence electrons. The SMILES string of the molecule is CNC(Cc1ccc(C)c(C)c1)Cc1cc(Br)cs1. The van der Waals surface area contributed by atoms with Crippen LogP contribution in [0, 0.1) is 13.8 Å². The standard InChI is InChI=1S/C16H20BrNS/c1-11-4-5-13(6-12(11)2)7-15(18-3)9-16-8-14(17)10-19-16/h4-6,8,10,15,18H,7,9H2,1-3H3. The second-order valence-electron chi connectivity index (χ2n) is 5.04. The van der Waals surface area contributed by atoms with E-state index in [-0.39, 0.29) is 0 Å². The van der Waals surface area contributed by atoms with Crippen molar-refractivity contribution in [3.05, 3.63) is 55.7 Å². The maximum atomic E-state index is 3.52. The Morgan fingerprint density at radius 2 is 1.95 bits per heavy atom. The van der Waals surface area contributed by atoms with Crippen LogP contribution in [0.15, 0.2) is 34.1 Å². The maximum absolute atomic E-state index is 3.52. The highest BCUT2D eigenvalue weighted by Crippen LogP contribution is 2.22. The highest BCUT2D eigenvalue weighted by atomic mass is 79.9. The second-order valence-corrected chi connectivity index (χ2v) is 6.96. The molecule has 3 heteroatoms. The molecule has 1 aromatic carbocycles.